The van der Waals surface area contributed by atoms with Gasteiger partial charge in [0, 0.05) is 11.1 Å². The third-order valence-corrected chi connectivity index (χ3v) is 3.79. The zero-order valence-corrected chi connectivity index (χ0v) is 8.20. The fraction of sp³-hybridized carbons (Fsp3) is 0.462. The van der Waals surface area contributed by atoms with Gasteiger partial charge in [-0.05, 0) is 37.5 Å². The van der Waals surface area contributed by atoms with Crippen molar-refractivity contribution < 1.29 is 0 Å². The normalized spacial score (nSPS) is 28.6. The van der Waals surface area contributed by atoms with E-state index in [0.29, 0.717) is 17.3 Å². The first-order valence-electron chi connectivity index (χ1n) is 5.49. The Labute approximate surface area is 83.8 Å². The molecule has 3 aliphatic rings. The van der Waals surface area contributed by atoms with Gasteiger partial charge in [0.2, 0.25) is 0 Å². The first-order chi connectivity index (χ1) is 6.86. The van der Waals surface area contributed by atoms with Crippen LogP contribution in [0.5, 0.6) is 0 Å². The Morgan fingerprint density at radius 2 is 1.29 bits per heavy atom. The van der Waals surface area contributed by atoms with Crippen LogP contribution in [0.15, 0.2) is 29.1 Å². The second-order valence-corrected chi connectivity index (χ2v) is 4.51. The highest BCUT2D eigenvalue weighted by atomic mass is 16.1. The monoisotopic (exact) mass is 186 g/mol. The van der Waals surface area contributed by atoms with E-state index in [1.54, 1.807) is 0 Å². The topological polar surface area (TPSA) is 17.1 Å². The van der Waals surface area contributed by atoms with E-state index in [2.05, 4.69) is 0 Å². The van der Waals surface area contributed by atoms with Gasteiger partial charge in [-0.3, -0.25) is 4.79 Å². The van der Waals surface area contributed by atoms with Gasteiger partial charge in [-0.15, -0.1) is 0 Å². The van der Waals surface area contributed by atoms with Crippen molar-refractivity contribution in [1.29, 1.82) is 0 Å². The van der Waals surface area contributed by atoms with Crippen LogP contribution in [-0.2, 0) is 0 Å². The molecule has 1 aromatic rings. The molecule has 4 rings (SSSR count). The molecule has 0 aliphatic heterocycles. The van der Waals surface area contributed by atoms with Gasteiger partial charge in [0.05, 0.1) is 0 Å². The maximum absolute atomic E-state index is 12.1. The van der Waals surface area contributed by atoms with Crippen molar-refractivity contribution in [3.63, 3.8) is 0 Å². The molecule has 0 amide bonds. The van der Waals surface area contributed by atoms with Gasteiger partial charge in [0.25, 0.3) is 0 Å². The van der Waals surface area contributed by atoms with E-state index in [-0.39, 0.29) is 0 Å². The SMILES string of the molecule is O=c1c2ccccc1C1CCC2CC1. The number of hydrogen-bond donors (Lipinski definition) is 0. The predicted octanol–water partition coefficient (Wildman–Crippen LogP) is 2.80. The summed E-state index contributed by atoms with van der Waals surface area (Å²) in [4.78, 5) is 12.1. The van der Waals surface area contributed by atoms with E-state index in [1.807, 2.05) is 24.3 Å². The molecule has 3 aliphatic carbocycles. The van der Waals surface area contributed by atoms with Gasteiger partial charge in [0.1, 0.15) is 0 Å². The lowest BCUT2D eigenvalue weighted by Gasteiger charge is -2.23. The van der Waals surface area contributed by atoms with Crippen molar-refractivity contribution in [3.8, 4) is 0 Å². The summed E-state index contributed by atoms with van der Waals surface area (Å²) >= 11 is 0. The highest BCUT2D eigenvalue weighted by Crippen LogP contribution is 2.41. The lowest BCUT2D eigenvalue weighted by Crippen LogP contribution is -2.09. The first kappa shape index (κ1) is 8.22. The number of rotatable bonds is 0. The smallest absolute Gasteiger partial charge is 0.185 e. The molecule has 0 N–H and O–H groups in total. The summed E-state index contributed by atoms with van der Waals surface area (Å²) < 4.78 is 0. The molecule has 0 aromatic heterocycles. The van der Waals surface area contributed by atoms with Crippen molar-refractivity contribution in [2.24, 2.45) is 0 Å². The molecule has 1 heteroatoms. The highest BCUT2D eigenvalue weighted by molar-refractivity contribution is 5.31. The van der Waals surface area contributed by atoms with Crippen LogP contribution in [0.3, 0.4) is 0 Å². The second kappa shape index (κ2) is 2.94. The summed E-state index contributed by atoms with van der Waals surface area (Å²) in [5.41, 5.74) is 2.48. The molecule has 0 saturated heterocycles. The van der Waals surface area contributed by atoms with Gasteiger partial charge < -0.3 is 0 Å². The zero-order chi connectivity index (χ0) is 9.54. The van der Waals surface area contributed by atoms with Crippen LogP contribution in [0.25, 0.3) is 0 Å². The molecule has 0 radical (unpaired) electrons. The molecule has 4 bridgehead atoms. The number of hydrogen-bond acceptors (Lipinski definition) is 1. The standard InChI is InChI=1S/C13H14O/c14-13-11-3-1-2-4-12(13)10-7-5-9(11)6-8-10/h1-4,9-10H,5-8H2. The maximum atomic E-state index is 12.1. The molecule has 1 saturated carbocycles. The van der Waals surface area contributed by atoms with Crippen molar-refractivity contribution >= 4 is 0 Å². The molecule has 1 fully saturated rings. The summed E-state index contributed by atoms with van der Waals surface area (Å²) in [7, 11) is 0. The third kappa shape index (κ3) is 1.05. The van der Waals surface area contributed by atoms with E-state index in [9.17, 15) is 4.79 Å². The minimum Gasteiger partial charge on any atom is -0.289 e. The summed E-state index contributed by atoms with van der Waals surface area (Å²) in [6, 6.07) is 8.09. The Kier molecular flexibility index (Phi) is 1.73. The average molecular weight is 186 g/mol. The van der Waals surface area contributed by atoms with Crippen LogP contribution >= 0.6 is 0 Å². The van der Waals surface area contributed by atoms with Crippen molar-refractivity contribution in [3.05, 3.63) is 45.6 Å². The maximum Gasteiger partial charge on any atom is 0.185 e. The summed E-state index contributed by atoms with van der Waals surface area (Å²) in [6.07, 6.45) is 4.86. The van der Waals surface area contributed by atoms with Crippen LogP contribution in [0.4, 0.5) is 0 Å². The minimum atomic E-state index is 0.333. The van der Waals surface area contributed by atoms with Crippen LogP contribution < -0.4 is 5.43 Å². The van der Waals surface area contributed by atoms with E-state index in [0.717, 1.165) is 11.1 Å². The largest absolute Gasteiger partial charge is 0.289 e. The van der Waals surface area contributed by atoms with Crippen molar-refractivity contribution in [1.82, 2.24) is 0 Å². The van der Waals surface area contributed by atoms with Crippen molar-refractivity contribution in [2.75, 3.05) is 0 Å². The quantitative estimate of drug-likeness (QED) is 0.609. The van der Waals surface area contributed by atoms with Crippen LogP contribution in [0.2, 0.25) is 0 Å². The Morgan fingerprint density at radius 1 is 0.857 bits per heavy atom. The van der Waals surface area contributed by atoms with Gasteiger partial charge in [-0.1, -0.05) is 24.3 Å². The molecule has 72 valence electrons. The molecule has 1 nitrogen and oxygen atoms in total. The van der Waals surface area contributed by atoms with Gasteiger partial charge in [-0.2, -0.15) is 0 Å². The van der Waals surface area contributed by atoms with Crippen LogP contribution in [0, 0.1) is 0 Å². The van der Waals surface area contributed by atoms with Crippen LogP contribution in [-0.4, -0.2) is 0 Å². The second-order valence-electron chi connectivity index (χ2n) is 4.51. The molecular formula is C13H14O. The third-order valence-electron chi connectivity index (χ3n) is 3.79. The highest BCUT2D eigenvalue weighted by Gasteiger charge is 2.30. The molecular weight excluding hydrogens is 172 g/mol. The van der Waals surface area contributed by atoms with Crippen molar-refractivity contribution in [2.45, 2.75) is 37.5 Å². The first-order valence-corrected chi connectivity index (χ1v) is 5.49. The molecule has 0 heterocycles. The van der Waals surface area contributed by atoms with E-state index in [1.165, 1.54) is 25.7 Å². The fourth-order valence-electron chi connectivity index (χ4n) is 2.99. The van der Waals surface area contributed by atoms with Gasteiger partial charge in [-0.25, -0.2) is 0 Å². The lowest BCUT2D eigenvalue weighted by molar-refractivity contribution is 0.408. The Hall–Kier alpha value is -1.11. The fourth-order valence-corrected chi connectivity index (χ4v) is 2.99. The van der Waals surface area contributed by atoms with Gasteiger partial charge in [0.15, 0.2) is 5.43 Å². The van der Waals surface area contributed by atoms with E-state index >= 15 is 0 Å². The predicted molar refractivity (Wildman–Crippen MR) is 56.7 cm³/mol. The van der Waals surface area contributed by atoms with E-state index < -0.39 is 0 Å². The molecule has 0 atom stereocenters. The molecule has 1 aromatic carbocycles. The van der Waals surface area contributed by atoms with Gasteiger partial charge >= 0.3 is 0 Å². The Balaban J connectivity index is 2.36. The Bertz CT molecular complexity index is 376. The molecule has 0 unspecified atom stereocenters. The summed E-state index contributed by atoms with van der Waals surface area (Å²) in [5, 5.41) is 0. The lowest BCUT2D eigenvalue weighted by atomic mass is 9.81. The zero-order valence-electron chi connectivity index (χ0n) is 8.20. The summed E-state index contributed by atoms with van der Waals surface area (Å²) in [5.74, 6) is 1.10. The molecule has 14 heavy (non-hydrogen) atoms. The van der Waals surface area contributed by atoms with E-state index in [4.69, 9.17) is 0 Å². The minimum absolute atomic E-state index is 0.333. The van der Waals surface area contributed by atoms with Crippen LogP contribution in [0.1, 0.15) is 48.6 Å². The molecule has 0 spiro atoms. The average Bonchev–Trinajstić information content (AvgIpc) is 2.54. The Morgan fingerprint density at radius 3 is 1.71 bits per heavy atom. The summed E-state index contributed by atoms with van der Waals surface area (Å²) in [6.45, 7) is 0. The number of fused-ring (bicyclic) bond motifs is 2.